The number of amides is 1. The van der Waals surface area contributed by atoms with Gasteiger partial charge in [-0.1, -0.05) is 6.92 Å². The Morgan fingerprint density at radius 1 is 1.50 bits per heavy atom. The van der Waals surface area contributed by atoms with Crippen molar-refractivity contribution in [3.63, 3.8) is 0 Å². The van der Waals surface area contributed by atoms with Gasteiger partial charge in [0.05, 0.1) is 11.9 Å². The molecule has 0 aromatic carbocycles. The van der Waals surface area contributed by atoms with Crippen LogP contribution in [0.5, 0.6) is 0 Å². The van der Waals surface area contributed by atoms with E-state index in [0.717, 1.165) is 5.69 Å². The van der Waals surface area contributed by atoms with Gasteiger partial charge in [-0.2, -0.15) is 0 Å². The highest BCUT2D eigenvalue weighted by Gasteiger charge is 2.09. The minimum Gasteiger partial charge on any atom is -0.387 e. The Bertz CT molecular complexity index is 420. The number of hydrogen-bond donors (Lipinski definition) is 2. The van der Waals surface area contributed by atoms with Gasteiger partial charge in [-0.05, 0) is 18.6 Å². The van der Waals surface area contributed by atoms with Crippen LogP contribution in [-0.2, 0) is 10.8 Å². The molecule has 5 nitrogen and oxygen atoms in total. The van der Waals surface area contributed by atoms with E-state index in [1.54, 1.807) is 31.6 Å². The van der Waals surface area contributed by atoms with Crippen LogP contribution in [0.1, 0.15) is 23.8 Å². The maximum Gasteiger partial charge on any atom is 0.269 e. The molecule has 0 bridgehead atoms. The van der Waals surface area contributed by atoms with E-state index < -0.39 is 10.8 Å². The van der Waals surface area contributed by atoms with Crippen molar-refractivity contribution in [2.45, 2.75) is 18.6 Å². The largest absolute Gasteiger partial charge is 0.387 e. The lowest BCUT2D eigenvalue weighted by molar-refractivity contribution is 0.0948. The summed E-state index contributed by atoms with van der Waals surface area (Å²) in [6, 6.07) is 3.47. The average Bonchev–Trinajstić information content (AvgIpc) is 2.38. The summed E-state index contributed by atoms with van der Waals surface area (Å²) in [5.74, 6) is -0.202. The van der Waals surface area contributed by atoms with Crippen LogP contribution in [0.3, 0.4) is 0 Å². The quantitative estimate of drug-likeness (QED) is 0.808. The van der Waals surface area contributed by atoms with Crippen molar-refractivity contribution in [1.29, 1.82) is 0 Å². The Balaban J connectivity index is 2.42. The maximum absolute atomic E-state index is 11.7. The minimum atomic E-state index is -0.849. The van der Waals surface area contributed by atoms with Crippen molar-refractivity contribution in [2.24, 2.45) is 0 Å². The third kappa shape index (κ3) is 4.44. The van der Waals surface area contributed by atoms with Gasteiger partial charge in [0.15, 0.2) is 0 Å². The van der Waals surface area contributed by atoms with Gasteiger partial charge in [0.2, 0.25) is 0 Å². The van der Waals surface area contributed by atoms with E-state index in [2.05, 4.69) is 15.6 Å². The third-order valence-corrected chi connectivity index (χ3v) is 4.06. The molecule has 0 saturated carbocycles. The van der Waals surface area contributed by atoms with Crippen molar-refractivity contribution >= 4 is 22.4 Å². The molecule has 0 spiro atoms. The number of pyridine rings is 1. The maximum atomic E-state index is 11.7. The molecular weight excluding hydrogens is 250 g/mol. The Morgan fingerprint density at radius 3 is 2.72 bits per heavy atom. The molecule has 6 heteroatoms. The zero-order valence-corrected chi connectivity index (χ0v) is 11.7. The normalized spacial score (nSPS) is 13.7. The van der Waals surface area contributed by atoms with Crippen LogP contribution in [-0.4, -0.2) is 40.2 Å². The zero-order chi connectivity index (χ0) is 13.5. The highest BCUT2D eigenvalue weighted by atomic mass is 32.2. The molecule has 0 aliphatic carbocycles. The van der Waals surface area contributed by atoms with E-state index in [4.69, 9.17) is 0 Å². The first-order valence-corrected chi connectivity index (χ1v) is 7.41. The van der Waals surface area contributed by atoms with Crippen molar-refractivity contribution in [3.05, 3.63) is 24.0 Å². The summed E-state index contributed by atoms with van der Waals surface area (Å²) in [7, 11) is 0.946. The molecule has 1 rings (SSSR count). The molecule has 1 aromatic rings. The predicted octanol–water partition coefficient (Wildman–Crippen LogP) is 1.01. The van der Waals surface area contributed by atoms with E-state index in [1.807, 2.05) is 6.92 Å². The molecule has 0 fully saturated rings. The number of carbonyl (C=O) groups is 1. The van der Waals surface area contributed by atoms with E-state index in [1.165, 1.54) is 0 Å². The summed E-state index contributed by atoms with van der Waals surface area (Å²) in [5.41, 5.74) is 1.25. The van der Waals surface area contributed by atoms with Crippen LogP contribution < -0.4 is 10.6 Å². The summed E-state index contributed by atoms with van der Waals surface area (Å²) in [6.07, 6.45) is 3.98. The Kier molecular flexibility index (Phi) is 5.77. The summed E-state index contributed by atoms with van der Waals surface area (Å²) in [6.45, 7) is 2.41. The molecule has 1 heterocycles. The van der Waals surface area contributed by atoms with E-state index in [0.29, 0.717) is 18.7 Å². The first-order valence-electron chi connectivity index (χ1n) is 5.79. The highest BCUT2D eigenvalue weighted by Crippen LogP contribution is 2.04. The standard InChI is InChI=1S/C12H19N3O2S/c1-9(18(3)17)6-7-14-12(16)11-5-4-10(13-2)8-15-11/h4-5,8-9,13H,6-7H2,1-3H3,(H,14,16). The molecule has 0 saturated heterocycles. The number of nitrogens with zero attached hydrogens (tertiary/aromatic N) is 1. The SMILES string of the molecule is CNc1ccc(C(=O)NCCC(C)S(C)=O)nc1. The minimum absolute atomic E-state index is 0.0879. The van der Waals surface area contributed by atoms with E-state index >= 15 is 0 Å². The Morgan fingerprint density at radius 2 is 2.22 bits per heavy atom. The lowest BCUT2D eigenvalue weighted by Crippen LogP contribution is -2.28. The van der Waals surface area contributed by atoms with Crippen LogP contribution >= 0.6 is 0 Å². The lowest BCUT2D eigenvalue weighted by Gasteiger charge is -2.09. The summed E-state index contributed by atoms with van der Waals surface area (Å²) >= 11 is 0. The molecule has 18 heavy (non-hydrogen) atoms. The molecule has 1 aromatic heterocycles. The molecule has 0 aliphatic heterocycles. The van der Waals surface area contributed by atoms with Gasteiger partial charge >= 0.3 is 0 Å². The number of carbonyl (C=O) groups excluding carboxylic acids is 1. The van der Waals surface area contributed by atoms with E-state index in [9.17, 15) is 9.00 Å². The zero-order valence-electron chi connectivity index (χ0n) is 10.9. The smallest absolute Gasteiger partial charge is 0.269 e. The number of hydrogen-bond acceptors (Lipinski definition) is 4. The third-order valence-electron chi connectivity index (χ3n) is 2.69. The predicted molar refractivity (Wildman–Crippen MR) is 74.3 cm³/mol. The van der Waals surface area contributed by atoms with Crippen molar-refractivity contribution in [2.75, 3.05) is 25.2 Å². The fourth-order valence-electron chi connectivity index (χ4n) is 1.32. The van der Waals surface area contributed by atoms with Crippen molar-refractivity contribution < 1.29 is 9.00 Å². The van der Waals surface area contributed by atoms with Crippen LogP contribution in [0.25, 0.3) is 0 Å². The summed E-state index contributed by atoms with van der Waals surface area (Å²) < 4.78 is 11.1. The molecule has 1 amide bonds. The van der Waals surface area contributed by atoms with Crippen LogP contribution in [0.15, 0.2) is 18.3 Å². The number of rotatable bonds is 6. The van der Waals surface area contributed by atoms with Gasteiger partial charge < -0.3 is 10.6 Å². The fourth-order valence-corrected chi connectivity index (χ4v) is 1.77. The molecule has 0 radical (unpaired) electrons. The first-order chi connectivity index (χ1) is 8.54. The lowest BCUT2D eigenvalue weighted by atomic mass is 10.3. The Hall–Kier alpha value is -1.43. The van der Waals surface area contributed by atoms with Crippen LogP contribution in [0.2, 0.25) is 0 Å². The number of aromatic nitrogens is 1. The monoisotopic (exact) mass is 269 g/mol. The number of anilines is 1. The Labute approximate surface area is 110 Å². The second kappa shape index (κ2) is 7.10. The van der Waals surface area contributed by atoms with Crippen molar-refractivity contribution in [3.8, 4) is 0 Å². The second-order valence-corrected chi connectivity index (χ2v) is 5.84. The molecule has 0 aliphatic rings. The molecule has 2 N–H and O–H groups in total. The topological polar surface area (TPSA) is 71.1 Å². The molecular formula is C12H19N3O2S. The van der Waals surface area contributed by atoms with Gasteiger partial charge in [0, 0.05) is 35.9 Å². The fraction of sp³-hybridized carbons (Fsp3) is 0.500. The molecule has 2 unspecified atom stereocenters. The highest BCUT2D eigenvalue weighted by molar-refractivity contribution is 7.84. The van der Waals surface area contributed by atoms with Gasteiger partial charge in [0.1, 0.15) is 5.69 Å². The van der Waals surface area contributed by atoms with Gasteiger partial charge in [-0.25, -0.2) is 4.98 Å². The molecule has 2 atom stereocenters. The summed E-state index contributed by atoms with van der Waals surface area (Å²) in [5, 5.41) is 5.79. The summed E-state index contributed by atoms with van der Waals surface area (Å²) in [4.78, 5) is 15.8. The average molecular weight is 269 g/mol. The van der Waals surface area contributed by atoms with Crippen molar-refractivity contribution in [1.82, 2.24) is 10.3 Å². The van der Waals surface area contributed by atoms with Gasteiger partial charge in [-0.3, -0.25) is 9.00 Å². The second-order valence-electron chi connectivity index (χ2n) is 4.04. The van der Waals surface area contributed by atoms with Gasteiger partial charge in [0.25, 0.3) is 5.91 Å². The van der Waals surface area contributed by atoms with Crippen LogP contribution in [0.4, 0.5) is 5.69 Å². The van der Waals surface area contributed by atoms with Gasteiger partial charge in [-0.15, -0.1) is 0 Å². The van der Waals surface area contributed by atoms with E-state index in [-0.39, 0.29) is 11.2 Å². The molecule has 100 valence electrons. The van der Waals surface area contributed by atoms with Crippen LogP contribution in [0, 0.1) is 0 Å². The number of nitrogens with one attached hydrogen (secondary N) is 2. The first kappa shape index (κ1) is 14.6.